The molecule has 10 rings (SSSR count). The first-order valence-corrected chi connectivity index (χ1v) is 26.7. The van der Waals surface area contributed by atoms with E-state index in [1.54, 1.807) is 47.5 Å². The predicted octanol–water partition coefficient (Wildman–Crippen LogP) is 6.00. The number of para-hydroxylation sites is 2. The molecule has 5 heterocycles. The van der Waals surface area contributed by atoms with Gasteiger partial charge < -0.3 is 45.7 Å². The molecule has 412 valence electrons. The number of imide groups is 1. The molecule has 0 radical (unpaired) electrons. The van der Waals surface area contributed by atoms with Gasteiger partial charge >= 0.3 is 0 Å². The average molecular weight is 1080 g/mol. The Bertz CT molecular complexity index is 3390. The monoisotopic (exact) mass is 1080 g/mol. The van der Waals surface area contributed by atoms with E-state index < -0.39 is 41.6 Å². The summed E-state index contributed by atoms with van der Waals surface area (Å²) < 4.78 is 18.7. The van der Waals surface area contributed by atoms with Gasteiger partial charge in [0.1, 0.15) is 31.0 Å². The topological polar surface area (TPSA) is 246 Å². The highest BCUT2D eigenvalue weighted by Crippen LogP contribution is 2.42. The summed E-state index contributed by atoms with van der Waals surface area (Å²) in [6.45, 7) is 5.61. The third kappa shape index (κ3) is 11.6. The van der Waals surface area contributed by atoms with Crippen LogP contribution in [0.1, 0.15) is 88.1 Å². The number of carbonyl (C=O) groups excluding carboxylic acids is 8. The molecule has 0 saturated heterocycles. The number of rotatable bonds is 20. The first-order valence-electron chi connectivity index (χ1n) is 26.7. The first kappa shape index (κ1) is 54.0. The second kappa shape index (κ2) is 23.3. The summed E-state index contributed by atoms with van der Waals surface area (Å²) in [5.74, 6) is -1.75. The minimum Gasteiger partial charge on any atom is -0.493 e. The highest BCUT2D eigenvalue weighted by atomic mass is 16.5. The quantitative estimate of drug-likeness (QED) is 0.0446. The van der Waals surface area contributed by atoms with Crippen LogP contribution in [0.3, 0.4) is 0 Å². The number of nitrogens with one attached hydrogen (secondary N) is 5. The second-order valence-electron chi connectivity index (χ2n) is 20.4. The second-order valence-corrected chi connectivity index (χ2v) is 20.4. The molecule has 20 heteroatoms. The molecule has 5 N–H and O–H groups in total. The van der Waals surface area contributed by atoms with Gasteiger partial charge in [-0.1, -0.05) is 36.4 Å². The number of amides is 8. The van der Waals surface area contributed by atoms with Gasteiger partial charge in [-0.15, -0.1) is 0 Å². The largest absolute Gasteiger partial charge is 0.493 e. The van der Waals surface area contributed by atoms with Crippen LogP contribution in [0.25, 0.3) is 0 Å². The molecular weight excluding hydrogens is 1020 g/mol. The summed E-state index contributed by atoms with van der Waals surface area (Å²) in [6, 6.07) is 25.8. The average Bonchev–Trinajstić information content (AvgIpc) is 4.18. The van der Waals surface area contributed by atoms with Gasteiger partial charge in [0.05, 0.1) is 41.7 Å². The molecule has 5 aliphatic heterocycles. The zero-order valence-corrected chi connectivity index (χ0v) is 44.8. The standard InChI is InChI=1S/C60H61N9O11/c1-34-21-44-46(62-30-42-25-39-11-5-7-13-48(39)68(42)59(44)76)28-50(34)79-32-37-22-38(33-80-52-29-47-45(27-51(52)78-4)60(77)69-43(31-63-47)26-40-12-6-8-14-49(40)69)24-41(23-37)66-58(75)36(3)65-57(74)35(2)64-54(71)16-10-9-15-53(70)61-19-20-67-55(72)17-18-56(67)73/h5-8,11-14,17-18,21-24,27-30,35-36,42-43,63H,9-10,15-16,19-20,25-26,31-33H2,1-4H3,(H,61,70)(H,64,71)(H,65,74)(H,66,75)/t35-,36-,42-,43-/m0/s1. The van der Waals surface area contributed by atoms with Crippen molar-refractivity contribution in [1.29, 1.82) is 0 Å². The molecule has 5 aromatic rings. The Morgan fingerprint density at radius 1 is 0.700 bits per heavy atom. The lowest BCUT2D eigenvalue weighted by Crippen LogP contribution is -2.50. The van der Waals surface area contributed by atoms with E-state index in [9.17, 15) is 38.4 Å². The highest BCUT2D eigenvalue weighted by Gasteiger charge is 2.39. The maximum absolute atomic E-state index is 14.1. The van der Waals surface area contributed by atoms with Crippen LogP contribution in [0.5, 0.6) is 17.2 Å². The highest BCUT2D eigenvalue weighted by molar-refractivity contribution is 6.15. The molecule has 20 nitrogen and oxygen atoms in total. The molecule has 0 unspecified atom stereocenters. The van der Waals surface area contributed by atoms with Crippen LogP contribution in [0.15, 0.2) is 108 Å². The van der Waals surface area contributed by atoms with E-state index in [2.05, 4.69) is 26.6 Å². The van der Waals surface area contributed by atoms with E-state index in [1.165, 1.54) is 33.1 Å². The number of aliphatic imine (C=N–C) groups is 1. The fourth-order valence-corrected chi connectivity index (χ4v) is 10.6. The van der Waals surface area contributed by atoms with Gasteiger partial charge in [0.15, 0.2) is 11.5 Å². The number of nitrogens with zero attached hydrogens (tertiary/aromatic N) is 4. The number of aryl methyl sites for hydroxylation is 1. The molecule has 0 aromatic heterocycles. The van der Waals surface area contributed by atoms with Crippen molar-refractivity contribution in [2.24, 2.45) is 4.99 Å². The summed E-state index contributed by atoms with van der Waals surface area (Å²) in [4.78, 5) is 113. The number of carbonyl (C=O) groups is 8. The lowest BCUT2D eigenvalue weighted by Gasteiger charge is -2.22. The predicted molar refractivity (Wildman–Crippen MR) is 299 cm³/mol. The molecular formula is C60H61N9O11. The van der Waals surface area contributed by atoms with Crippen molar-refractivity contribution >= 4 is 81.9 Å². The van der Waals surface area contributed by atoms with Crippen LogP contribution >= 0.6 is 0 Å². The molecule has 0 fully saturated rings. The van der Waals surface area contributed by atoms with E-state index in [0.717, 1.165) is 39.4 Å². The van der Waals surface area contributed by atoms with Crippen LogP contribution in [-0.2, 0) is 54.8 Å². The van der Waals surface area contributed by atoms with Gasteiger partial charge in [-0.05, 0) is 110 Å². The summed E-state index contributed by atoms with van der Waals surface area (Å²) in [5, 5.41) is 14.3. The molecule has 4 atom stereocenters. The Hall–Kier alpha value is -9.33. The minimum atomic E-state index is -1.05. The number of anilines is 4. The van der Waals surface area contributed by atoms with Crippen molar-refractivity contribution in [3.05, 3.63) is 142 Å². The van der Waals surface area contributed by atoms with Crippen molar-refractivity contribution in [3.8, 4) is 17.2 Å². The molecule has 0 spiro atoms. The van der Waals surface area contributed by atoms with Crippen LogP contribution in [0.4, 0.5) is 28.4 Å². The lowest BCUT2D eigenvalue weighted by molar-refractivity contribution is -0.137. The summed E-state index contributed by atoms with van der Waals surface area (Å²) in [6.07, 6.45) is 6.48. The smallest absolute Gasteiger partial charge is 0.261 e. The van der Waals surface area contributed by atoms with Crippen LogP contribution < -0.4 is 50.6 Å². The summed E-state index contributed by atoms with van der Waals surface area (Å²) in [5.41, 5.74) is 8.34. The SMILES string of the molecule is COc1cc2c(cc1OCc1cc(COc3cc4c(cc3C)C(=O)N3c5ccccc5C[C@H]3C=N4)cc(NC(=O)[C@H](C)NC(=O)[C@H](C)NC(=O)CCCCC(=O)NCCN3C(=O)C=CC3=O)c1)NC[C@@H]1Cc3ccccc3N1C2=O. The normalized spacial score (nSPS) is 17.1. The Balaban J connectivity index is 0.795. The van der Waals surface area contributed by atoms with E-state index in [-0.39, 0.29) is 69.0 Å². The van der Waals surface area contributed by atoms with E-state index in [4.69, 9.17) is 19.2 Å². The Morgan fingerprint density at radius 2 is 1.34 bits per heavy atom. The number of unbranched alkanes of at least 4 members (excludes halogenated alkanes) is 1. The maximum Gasteiger partial charge on any atom is 0.261 e. The van der Waals surface area contributed by atoms with Crippen molar-refractivity contribution in [3.63, 3.8) is 0 Å². The third-order valence-electron chi connectivity index (χ3n) is 14.7. The first-order chi connectivity index (χ1) is 38.6. The number of hydrogen-bond donors (Lipinski definition) is 5. The minimum absolute atomic E-state index is 0.00256. The summed E-state index contributed by atoms with van der Waals surface area (Å²) >= 11 is 0. The number of benzene rings is 5. The fourth-order valence-electron chi connectivity index (χ4n) is 10.6. The van der Waals surface area contributed by atoms with Gasteiger partial charge in [-0.3, -0.25) is 53.1 Å². The molecule has 0 aliphatic carbocycles. The van der Waals surface area contributed by atoms with Gasteiger partial charge in [-0.2, -0.15) is 0 Å². The van der Waals surface area contributed by atoms with Crippen molar-refractivity contribution < 1.29 is 52.6 Å². The molecule has 80 heavy (non-hydrogen) atoms. The van der Waals surface area contributed by atoms with Crippen LogP contribution in [-0.4, -0.2) is 109 Å². The van der Waals surface area contributed by atoms with Crippen molar-refractivity contribution in [1.82, 2.24) is 20.9 Å². The van der Waals surface area contributed by atoms with E-state index in [1.807, 2.05) is 66.4 Å². The Kier molecular flexibility index (Phi) is 15.8. The molecule has 8 amide bonds. The van der Waals surface area contributed by atoms with Crippen LogP contribution in [0.2, 0.25) is 0 Å². The molecule has 0 saturated carbocycles. The molecule has 5 aromatic carbocycles. The van der Waals surface area contributed by atoms with Crippen molar-refractivity contribution in [2.75, 3.05) is 47.2 Å². The fraction of sp³-hybridized carbons (Fsp3) is 0.317. The molecule has 0 bridgehead atoms. The van der Waals surface area contributed by atoms with Crippen molar-refractivity contribution in [2.45, 2.75) is 96.7 Å². The Morgan fingerprint density at radius 3 is 2.05 bits per heavy atom. The molecule has 5 aliphatic rings. The van der Waals surface area contributed by atoms with Gasteiger partial charge in [0, 0.05) is 86.5 Å². The van der Waals surface area contributed by atoms with Gasteiger partial charge in [0.2, 0.25) is 23.6 Å². The van der Waals surface area contributed by atoms with Gasteiger partial charge in [-0.25, -0.2) is 0 Å². The zero-order chi connectivity index (χ0) is 56.2. The number of ether oxygens (including phenoxy) is 3. The number of hydrogen-bond acceptors (Lipinski definition) is 13. The van der Waals surface area contributed by atoms with E-state index >= 15 is 0 Å². The number of fused-ring (bicyclic) bond motifs is 8. The lowest BCUT2D eigenvalue weighted by atomic mass is 10.1. The van der Waals surface area contributed by atoms with Crippen LogP contribution in [0, 0.1) is 6.92 Å². The maximum atomic E-state index is 14.1. The zero-order valence-electron chi connectivity index (χ0n) is 44.8. The Labute approximate surface area is 461 Å². The summed E-state index contributed by atoms with van der Waals surface area (Å²) in [7, 11) is 1.51. The van der Waals surface area contributed by atoms with Gasteiger partial charge in [0.25, 0.3) is 23.6 Å². The van der Waals surface area contributed by atoms with E-state index in [0.29, 0.717) is 82.4 Å². The number of methoxy groups -OCH3 is 1. The third-order valence-corrected chi connectivity index (χ3v) is 14.7.